The van der Waals surface area contributed by atoms with Gasteiger partial charge in [0.05, 0.1) is 36.1 Å². The van der Waals surface area contributed by atoms with Gasteiger partial charge in [-0.25, -0.2) is 4.79 Å². The Hall–Kier alpha value is -3.85. The van der Waals surface area contributed by atoms with Gasteiger partial charge < -0.3 is 23.2 Å². The highest BCUT2D eigenvalue weighted by molar-refractivity contribution is 6.03. The molecule has 0 radical (unpaired) electrons. The summed E-state index contributed by atoms with van der Waals surface area (Å²) in [7, 11) is 0. The van der Waals surface area contributed by atoms with E-state index < -0.39 is 6.09 Å². The van der Waals surface area contributed by atoms with Crippen LogP contribution in [0.2, 0.25) is 0 Å². The van der Waals surface area contributed by atoms with Crippen LogP contribution in [0.1, 0.15) is 57.9 Å². The van der Waals surface area contributed by atoms with Gasteiger partial charge in [0.2, 0.25) is 5.89 Å². The quantitative estimate of drug-likeness (QED) is 0.277. The molecule has 2 fully saturated rings. The van der Waals surface area contributed by atoms with Crippen LogP contribution in [0.15, 0.2) is 46.9 Å². The lowest BCUT2D eigenvalue weighted by Gasteiger charge is -2.30. The SMILES string of the molecule is Cc1nnc(-c2c(-c3ccc(NC(=O)OC(C)C)cc3)n(C3CCC3)c3cc(OC4CCOCC4)ccc23)o1. The summed E-state index contributed by atoms with van der Waals surface area (Å²) in [5.74, 6) is 1.87. The number of nitrogens with zero attached hydrogens (tertiary/aromatic N) is 3. The summed E-state index contributed by atoms with van der Waals surface area (Å²) < 4.78 is 25.5. The number of rotatable bonds is 7. The molecule has 1 aliphatic heterocycles. The van der Waals surface area contributed by atoms with Crippen molar-refractivity contribution in [2.24, 2.45) is 0 Å². The van der Waals surface area contributed by atoms with Crippen molar-refractivity contribution in [3.63, 3.8) is 0 Å². The van der Waals surface area contributed by atoms with Gasteiger partial charge in [0, 0.05) is 42.9 Å². The number of nitrogens with one attached hydrogen (secondary N) is 1. The molecule has 9 nitrogen and oxygen atoms in total. The molecule has 1 saturated carbocycles. The molecule has 2 aliphatic rings. The molecule has 204 valence electrons. The Morgan fingerprint density at radius 2 is 1.82 bits per heavy atom. The number of hydrogen-bond acceptors (Lipinski definition) is 7. The van der Waals surface area contributed by atoms with Gasteiger partial charge in [0.25, 0.3) is 5.89 Å². The van der Waals surface area contributed by atoms with E-state index in [1.807, 2.05) is 44.2 Å². The summed E-state index contributed by atoms with van der Waals surface area (Å²) in [4.78, 5) is 12.1. The standard InChI is InChI=1S/C30H34N4O5/c1-18(2)37-30(35)31-21-9-7-20(8-10-21)28-27(29-33-32-19(3)38-29)25-12-11-24(39-23-13-15-36-16-14-23)17-26(25)34(28)22-5-4-6-22/h7-12,17-18,22-23H,4-6,13-16H2,1-3H3,(H,31,35). The predicted molar refractivity (Wildman–Crippen MR) is 148 cm³/mol. The Morgan fingerprint density at radius 3 is 2.46 bits per heavy atom. The number of hydrogen-bond donors (Lipinski definition) is 1. The number of ether oxygens (including phenoxy) is 3. The van der Waals surface area contributed by atoms with Gasteiger partial charge in [-0.2, -0.15) is 0 Å². The van der Waals surface area contributed by atoms with E-state index in [0.29, 0.717) is 23.5 Å². The van der Waals surface area contributed by atoms with Crippen molar-refractivity contribution in [3.05, 3.63) is 48.4 Å². The molecular formula is C30H34N4O5. The lowest BCUT2D eigenvalue weighted by Crippen LogP contribution is -2.25. The molecule has 6 rings (SSSR count). The van der Waals surface area contributed by atoms with Crippen LogP contribution in [0.25, 0.3) is 33.6 Å². The van der Waals surface area contributed by atoms with E-state index >= 15 is 0 Å². The molecule has 3 heterocycles. The topological polar surface area (TPSA) is 101 Å². The third kappa shape index (κ3) is 5.23. The minimum atomic E-state index is -0.472. The smallest absolute Gasteiger partial charge is 0.411 e. The maximum atomic E-state index is 12.1. The second-order valence-corrected chi connectivity index (χ2v) is 10.6. The Labute approximate surface area is 227 Å². The monoisotopic (exact) mass is 530 g/mol. The highest BCUT2D eigenvalue weighted by Crippen LogP contribution is 2.47. The van der Waals surface area contributed by atoms with Crippen molar-refractivity contribution in [2.45, 2.75) is 71.1 Å². The van der Waals surface area contributed by atoms with E-state index in [4.69, 9.17) is 18.6 Å². The number of carbonyl (C=O) groups is 1. The molecule has 4 aromatic rings. The van der Waals surface area contributed by atoms with Crippen LogP contribution < -0.4 is 10.1 Å². The number of carbonyl (C=O) groups excluding carboxylic acids is 1. The van der Waals surface area contributed by atoms with E-state index in [1.165, 1.54) is 6.42 Å². The van der Waals surface area contributed by atoms with Crippen LogP contribution in [0.3, 0.4) is 0 Å². The van der Waals surface area contributed by atoms with Gasteiger partial charge >= 0.3 is 6.09 Å². The lowest BCUT2D eigenvalue weighted by molar-refractivity contribution is 0.0256. The Bertz CT molecular complexity index is 1460. The van der Waals surface area contributed by atoms with Crippen molar-refractivity contribution in [3.8, 4) is 28.5 Å². The highest BCUT2D eigenvalue weighted by Gasteiger charge is 2.30. The van der Waals surface area contributed by atoms with E-state index in [9.17, 15) is 4.79 Å². The molecule has 0 atom stereocenters. The number of benzene rings is 2. The molecule has 2 aromatic carbocycles. The third-order valence-electron chi connectivity index (χ3n) is 7.37. The maximum absolute atomic E-state index is 12.1. The fraction of sp³-hybridized carbons (Fsp3) is 0.433. The Kier molecular flexibility index (Phi) is 6.99. The largest absolute Gasteiger partial charge is 0.490 e. The van der Waals surface area contributed by atoms with Gasteiger partial charge in [0.1, 0.15) is 11.9 Å². The fourth-order valence-electron chi connectivity index (χ4n) is 5.34. The second kappa shape index (κ2) is 10.7. The Morgan fingerprint density at radius 1 is 1.05 bits per heavy atom. The van der Waals surface area contributed by atoms with E-state index in [-0.39, 0.29) is 12.2 Å². The van der Waals surface area contributed by atoms with Crippen molar-refractivity contribution in [1.82, 2.24) is 14.8 Å². The molecule has 1 amide bonds. The molecule has 2 aromatic heterocycles. The minimum absolute atomic E-state index is 0.156. The summed E-state index contributed by atoms with van der Waals surface area (Å²) in [6.07, 6.45) is 4.68. The summed E-state index contributed by atoms with van der Waals surface area (Å²) >= 11 is 0. The molecule has 0 bridgehead atoms. The molecule has 1 N–H and O–H groups in total. The molecular weight excluding hydrogens is 496 g/mol. The number of aryl methyl sites for hydroxylation is 1. The number of fused-ring (bicyclic) bond motifs is 1. The first kappa shape index (κ1) is 25.4. The third-order valence-corrected chi connectivity index (χ3v) is 7.37. The molecule has 1 aliphatic carbocycles. The van der Waals surface area contributed by atoms with Crippen LogP contribution >= 0.6 is 0 Å². The van der Waals surface area contributed by atoms with Gasteiger partial charge in [0.15, 0.2) is 0 Å². The summed E-state index contributed by atoms with van der Waals surface area (Å²) in [5, 5.41) is 12.4. The van der Waals surface area contributed by atoms with Gasteiger partial charge in [-0.05, 0) is 62.9 Å². The predicted octanol–water partition coefficient (Wildman–Crippen LogP) is 6.91. The molecule has 9 heteroatoms. The lowest BCUT2D eigenvalue weighted by atomic mass is 9.92. The average Bonchev–Trinajstić information content (AvgIpc) is 3.45. The van der Waals surface area contributed by atoms with Crippen molar-refractivity contribution >= 4 is 22.7 Å². The van der Waals surface area contributed by atoms with Crippen molar-refractivity contribution in [1.29, 1.82) is 0 Å². The summed E-state index contributed by atoms with van der Waals surface area (Å²) in [6, 6.07) is 14.5. The van der Waals surface area contributed by atoms with Crippen LogP contribution in [-0.4, -0.2) is 46.3 Å². The summed E-state index contributed by atoms with van der Waals surface area (Å²) in [6.45, 7) is 6.91. The second-order valence-electron chi connectivity index (χ2n) is 10.6. The van der Waals surface area contributed by atoms with Gasteiger partial charge in [-0.15, -0.1) is 10.2 Å². The zero-order valence-corrected chi connectivity index (χ0v) is 22.6. The first-order valence-corrected chi connectivity index (χ1v) is 13.8. The molecule has 39 heavy (non-hydrogen) atoms. The average molecular weight is 531 g/mol. The highest BCUT2D eigenvalue weighted by atomic mass is 16.6. The van der Waals surface area contributed by atoms with E-state index in [0.717, 1.165) is 72.4 Å². The zero-order chi connectivity index (χ0) is 26.9. The maximum Gasteiger partial charge on any atom is 0.411 e. The van der Waals surface area contributed by atoms with Crippen LogP contribution in [-0.2, 0) is 9.47 Å². The number of aromatic nitrogens is 3. The van der Waals surface area contributed by atoms with Crippen LogP contribution in [0.5, 0.6) is 5.75 Å². The first-order chi connectivity index (χ1) is 19.0. The normalized spacial score (nSPS) is 16.4. The van der Waals surface area contributed by atoms with Crippen molar-refractivity contribution < 1.29 is 23.4 Å². The molecule has 0 unspecified atom stereocenters. The van der Waals surface area contributed by atoms with Crippen LogP contribution in [0.4, 0.5) is 10.5 Å². The summed E-state index contributed by atoms with van der Waals surface area (Å²) in [5.41, 5.74) is 4.69. The zero-order valence-electron chi connectivity index (χ0n) is 22.6. The van der Waals surface area contributed by atoms with E-state index in [2.05, 4.69) is 32.2 Å². The minimum Gasteiger partial charge on any atom is -0.490 e. The fourth-order valence-corrected chi connectivity index (χ4v) is 5.34. The first-order valence-electron chi connectivity index (χ1n) is 13.8. The van der Waals surface area contributed by atoms with Crippen LogP contribution in [0, 0.1) is 6.92 Å². The van der Waals surface area contributed by atoms with Gasteiger partial charge in [-0.1, -0.05) is 12.1 Å². The van der Waals surface area contributed by atoms with E-state index in [1.54, 1.807) is 6.92 Å². The molecule has 0 spiro atoms. The van der Waals surface area contributed by atoms with Gasteiger partial charge in [-0.3, -0.25) is 5.32 Å². The molecule has 1 saturated heterocycles. The number of anilines is 1. The number of amides is 1. The Balaban J connectivity index is 1.45. The van der Waals surface area contributed by atoms with Crippen molar-refractivity contribution in [2.75, 3.05) is 18.5 Å².